The topological polar surface area (TPSA) is 47.9 Å². The first-order valence-electron chi connectivity index (χ1n) is 15.3. The minimum atomic E-state index is -0.360. The third-order valence-electron chi connectivity index (χ3n) is 7.46. The second-order valence-corrected chi connectivity index (χ2v) is 10.8. The van der Waals surface area contributed by atoms with Crippen molar-refractivity contribution in [3.63, 3.8) is 0 Å². The molecule has 38 heavy (non-hydrogen) atoms. The Labute approximate surface area is 231 Å². The van der Waals surface area contributed by atoms with Gasteiger partial charge >= 0.3 is 5.97 Å². The number of carbonyl (C=O) groups excluding carboxylic acids is 1. The van der Waals surface area contributed by atoms with Crippen LogP contribution in [0.5, 0.6) is 11.5 Å². The molecule has 1 aliphatic rings. The number of ether oxygens (including phenoxy) is 2. The van der Waals surface area contributed by atoms with Crippen LogP contribution in [0.2, 0.25) is 0 Å². The van der Waals surface area contributed by atoms with Crippen LogP contribution in [0.4, 0.5) is 0 Å². The Morgan fingerprint density at radius 3 is 1.89 bits per heavy atom. The number of carbonyl (C=O) groups is 1. The highest BCUT2D eigenvalue weighted by atomic mass is 16.5. The van der Waals surface area contributed by atoms with Crippen LogP contribution in [0.1, 0.15) is 132 Å². The van der Waals surface area contributed by atoms with Crippen molar-refractivity contribution in [2.75, 3.05) is 6.61 Å². The lowest BCUT2D eigenvalue weighted by molar-refractivity contribution is 0.0734. The highest BCUT2D eigenvalue weighted by Gasteiger charge is 2.11. The van der Waals surface area contributed by atoms with Crippen LogP contribution >= 0.6 is 0 Å². The zero-order chi connectivity index (χ0) is 26.7. The maximum Gasteiger partial charge on any atom is 0.343 e. The van der Waals surface area contributed by atoms with Crippen LogP contribution in [-0.4, -0.2) is 24.8 Å². The van der Waals surface area contributed by atoms with E-state index in [0.717, 1.165) is 24.3 Å². The Morgan fingerprint density at radius 2 is 1.29 bits per heavy atom. The van der Waals surface area contributed by atoms with E-state index in [-0.39, 0.29) is 5.97 Å². The number of hydrogen-bond acceptors (Lipinski definition) is 4. The highest BCUT2D eigenvalue weighted by molar-refractivity contribution is 5.91. The molecule has 0 aromatic heterocycles. The van der Waals surface area contributed by atoms with Gasteiger partial charge in [-0.2, -0.15) is 0 Å². The smallest absolute Gasteiger partial charge is 0.343 e. The Morgan fingerprint density at radius 1 is 0.737 bits per heavy atom. The van der Waals surface area contributed by atoms with Crippen LogP contribution in [0.3, 0.4) is 0 Å². The van der Waals surface area contributed by atoms with Crippen LogP contribution in [0.15, 0.2) is 53.5 Å². The predicted octanol–water partition coefficient (Wildman–Crippen LogP) is 9.74. The fourth-order valence-corrected chi connectivity index (χ4v) is 5.03. The molecule has 2 aromatic carbocycles. The SMILES string of the molecule is CCCCCCCCCCCCCCOc1ccc(C(=O)Oc2ccc(C=NC3CCCCC3)cc2)cc1. The molecule has 0 heterocycles. The summed E-state index contributed by atoms with van der Waals surface area (Å²) in [5.41, 5.74) is 1.55. The van der Waals surface area contributed by atoms with Crippen molar-refractivity contribution in [3.05, 3.63) is 59.7 Å². The fourth-order valence-electron chi connectivity index (χ4n) is 5.03. The van der Waals surface area contributed by atoms with Gasteiger partial charge in [0, 0.05) is 12.3 Å². The van der Waals surface area contributed by atoms with E-state index in [2.05, 4.69) is 6.92 Å². The van der Waals surface area contributed by atoms with Crippen molar-refractivity contribution < 1.29 is 14.3 Å². The second kappa shape index (κ2) is 18.6. The van der Waals surface area contributed by atoms with Crippen molar-refractivity contribution in [2.24, 2.45) is 4.99 Å². The summed E-state index contributed by atoms with van der Waals surface area (Å²) < 4.78 is 11.4. The van der Waals surface area contributed by atoms with Crippen LogP contribution in [0.25, 0.3) is 0 Å². The number of hydrogen-bond donors (Lipinski definition) is 0. The van der Waals surface area contributed by atoms with Gasteiger partial charge in [-0.3, -0.25) is 4.99 Å². The molecule has 0 bridgehead atoms. The first-order valence-corrected chi connectivity index (χ1v) is 15.3. The standard InChI is InChI=1S/C34H49NO3/c1-2-3-4-5-6-7-8-9-10-11-12-16-27-37-32-25-21-30(22-26-32)34(36)38-33-23-19-29(20-24-33)28-35-31-17-14-13-15-18-31/h19-26,28,31H,2-18,27H2,1H3. The van der Waals surface area contributed by atoms with Gasteiger partial charge in [-0.1, -0.05) is 96.8 Å². The molecule has 4 heteroatoms. The number of unbranched alkanes of at least 4 members (excludes halogenated alkanes) is 11. The highest BCUT2D eigenvalue weighted by Crippen LogP contribution is 2.21. The lowest BCUT2D eigenvalue weighted by atomic mass is 9.96. The average molecular weight is 520 g/mol. The lowest BCUT2D eigenvalue weighted by Gasteiger charge is -2.17. The van der Waals surface area contributed by atoms with E-state index in [9.17, 15) is 4.79 Å². The molecule has 1 fully saturated rings. The maximum atomic E-state index is 12.5. The van der Waals surface area contributed by atoms with Gasteiger partial charge in [0.1, 0.15) is 11.5 Å². The summed E-state index contributed by atoms with van der Waals surface area (Å²) in [6.45, 7) is 2.99. The molecule has 2 aromatic rings. The molecule has 0 unspecified atom stereocenters. The molecule has 0 aliphatic heterocycles. The van der Waals surface area contributed by atoms with Crippen molar-refractivity contribution in [1.29, 1.82) is 0 Å². The van der Waals surface area contributed by atoms with E-state index in [1.807, 2.05) is 42.6 Å². The molecule has 0 radical (unpaired) electrons. The first-order chi connectivity index (χ1) is 18.7. The van der Waals surface area contributed by atoms with Crippen molar-refractivity contribution in [3.8, 4) is 11.5 Å². The summed E-state index contributed by atoms with van der Waals surface area (Å²) in [4.78, 5) is 17.3. The van der Waals surface area contributed by atoms with Gasteiger partial charge in [0.2, 0.25) is 0 Å². The van der Waals surface area contributed by atoms with Crippen molar-refractivity contribution in [1.82, 2.24) is 0 Å². The molecule has 0 spiro atoms. The molecule has 0 N–H and O–H groups in total. The Balaban J connectivity index is 1.25. The summed E-state index contributed by atoms with van der Waals surface area (Å²) in [7, 11) is 0. The first kappa shape index (κ1) is 29.9. The van der Waals surface area contributed by atoms with Gasteiger partial charge in [-0.05, 0) is 73.4 Å². The second-order valence-electron chi connectivity index (χ2n) is 10.8. The summed E-state index contributed by atoms with van der Waals surface area (Å²) in [5, 5.41) is 0. The van der Waals surface area contributed by atoms with Crippen LogP contribution in [0, 0.1) is 0 Å². The summed E-state index contributed by atoms with van der Waals surface area (Å²) in [6.07, 6.45) is 24.2. The number of rotatable bonds is 18. The number of nitrogens with zero attached hydrogens (tertiary/aromatic N) is 1. The molecular weight excluding hydrogens is 470 g/mol. The van der Waals surface area contributed by atoms with Gasteiger partial charge < -0.3 is 9.47 Å². The van der Waals surface area contributed by atoms with Gasteiger partial charge in [-0.15, -0.1) is 0 Å². The molecule has 1 saturated carbocycles. The quantitative estimate of drug-likeness (QED) is 0.0852. The van der Waals surface area contributed by atoms with E-state index in [4.69, 9.17) is 14.5 Å². The average Bonchev–Trinajstić information content (AvgIpc) is 2.96. The predicted molar refractivity (Wildman–Crippen MR) is 159 cm³/mol. The molecule has 0 saturated heterocycles. The van der Waals surface area contributed by atoms with Crippen LogP contribution < -0.4 is 9.47 Å². The minimum Gasteiger partial charge on any atom is -0.494 e. The van der Waals surface area contributed by atoms with Gasteiger partial charge in [0.15, 0.2) is 0 Å². The minimum absolute atomic E-state index is 0.360. The molecular formula is C34H49NO3. The Kier molecular flexibility index (Phi) is 14.7. The maximum absolute atomic E-state index is 12.5. The molecule has 4 nitrogen and oxygen atoms in total. The van der Waals surface area contributed by atoms with Crippen LogP contribution in [-0.2, 0) is 0 Å². The lowest BCUT2D eigenvalue weighted by Crippen LogP contribution is -2.09. The van der Waals surface area contributed by atoms with Gasteiger partial charge in [-0.25, -0.2) is 4.79 Å². The number of aliphatic imine (C=N–C) groups is 1. The molecule has 0 atom stereocenters. The number of esters is 1. The third kappa shape index (κ3) is 12.3. The van der Waals surface area contributed by atoms with Gasteiger partial charge in [0.05, 0.1) is 12.2 Å². The van der Waals surface area contributed by atoms with Crippen molar-refractivity contribution >= 4 is 12.2 Å². The molecule has 0 amide bonds. The molecule has 3 rings (SSSR count). The largest absolute Gasteiger partial charge is 0.494 e. The van der Waals surface area contributed by atoms with E-state index < -0.39 is 0 Å². The normalized spacial score (nSPS) is 14.1. The molecule has 208 valence electrons. The number of benzene rings is 2. The van der Waals surface area contributed by atoms with E-state index >= 15 is 0 Å². The van der Waals surface area contributed by atoms with E-state index in [1.165, 1.54) is 103 Å². The van der Waals surface area contributed by atoms with E-state index in [0.29, 0.717) is 17.4 Å². The summed E-state index contributed by atoms with van der Waals surface area (Å²) in [5.74, 6) is 0.976. The summed E-state index contributed by atoms with van der Waals surface area (Å²) >= 11 is 0. The summed E-state index contributed by atoms with van der Waals surface area (Å²) in [6, 6.07) is 15.2. The van der Waals surface area contributed by atoms with Crippen molar-refractivity contribution in [2.45, 2.75) is 122 Å². The van der Waals surface area contributed by atoms with Gasteiger partial charge in [0.25, 0.3) is 0 Å². The fraction of sp³-hybridized carbons (Fsp3) is 0.588. The zero-order valence-corrected chi connectivity index (χ0v) is 23.7. The zero-order valence-electron chi connectivity index (χ0n) is 23.7. The Bertz CT molecular complexity index is 914. The monoisotopic (exact) mass is 519 g/mol. The third-order valence-corrected chi connectivity index (χ3v) is 7.46. The molecule has 1 aliphatic carbocycles. The Hall–Kier alpha value is -2.62. The van der Waals surface area contributed by atoms with E-state index in [1.54, 1.807) is 12.1 Å².